The standard InChI is InChI=1S/C69H128NO8P/c1-3-5-7-9-11-13-15-17-19-21-23-24-25-26-27-28-29-30-31-32-33-34-35-36-37-38-39-40-41-42-44-45-47-49-51-53-55-57-59-61-68(71)75-65-67(66-77-79(73,74)76-64-63-70)78-69(72)62-60-58-56-54-52-50-48-46-43-22-20-18-16-14-12-10-8-6-4-2/h6,8,12,14,18,20,43,46,50,52,67H,3-5,7,9-11,13,15-17,19,21-42,44-45,47-49,51,53-66,70H2,1-2H3,(H,73,74)/b8-6-,14-12-,20-18-,46-43-,52-50-. The van der Waals surface area contributed by atoms with Crippen molar-refractivity contribution in [2.45, 2.75) is 341 Å². The molecule has 0 aliphatic heterocycles. The largest absolute Gasteiger partial charge is 0.472 e. The van der Waals surface area contributed by atoms with Gasteiger partial charge in [-0.2, -0.15) is 0 Å². The molecule has 0 rings (SSSR count). The fourth-order valence-corrected chi connectivity index (χ4v) is 10.7. The maximum absolute atomic E-state index is 12.7. The van der Waals surface area contributed by atoms with Crippen molar-refractivity contribution >= 4 is 19.8 Å². The number of rotatable bonds is 64. The summed E-state index contributed by atoms with van der Waals surface area (Å²) in [5, 5.41) is 0. The lowest BCUT2D eigenvalue weighted by molar-refractivity contribution is -0.161. The average molecular weight is 1130 g/mol. The number of ether oxygens (including phenoxy) is 2. The fraction of sp³-hybridized carbons (Fsp3) is 0.826. The summed E-state index contributed by atoms with van der Waals surface area (Å²) in [6, 6.07) is 0. The quantitative estimate of drug-likeness (QED) is 0.0264. The molecule has 0 amide bonds. The molecule has 2 atom stereocenters. The number of unbranched alkanes of at least 4 members (excludes halogenated alkanes) is 41. The van der Waals surface area contributed by atoms with Gasteiger partial charge in [0.25, 0.3) is 0 Å². The van der Waals surface area contributed by atoms with Gasteiger partial charge >= 0.3 is 19.8 Å². The van der Waals surface area contributed by atoms with Crippen molar-refractivity contribution in [1.29, 1.82) is 0 Å². The number of hydrogen-bond acceptors (Lipinski definition) is 8. The van der Waals surface area contributed by atoms with Crippen LogP contribution in [0.2, 0.25) is 0 Å². The monoisotopic (exact) mass is 1130 g/mol. The second-order valence-electron chi connectivity index (χ2n) is 22.7. The molecular weight excluding hydrogens is 1000 g/mol. The molecule has 0 aromatic rings. The van der Waals surface area contributed by atoms with E-state index in [9.17, 15) is 19.0 Å². The van der Waals surface area contributed by atoms with Crippen LogP contribution in [-0.4, -0.2) is 49.3 Å². The summed E-state index contributed by atoms with van der Waals surface area (Å²) >= 11 is 0. The highest BCUT2D eigenvalue weighted by molar-refractivity contribution is 7.47. The third kappa shape index (κ3) is 64.7. The number of carbonyl (C=O) groups is 2. The van der Waals surface area contributed by atoms with Crippen molar-refractivity contribution in [2.75, 3.05) is 26.4 Å². The highest BCUT2D eigenvalue weighted by Gasteiger charge is 2.26. The molecule has 0 saturated carbocycles. The van der Waals surface area contributed by atoms with Gasteiger partial charge in [-0.05, 0) is 57.8 Å². The Morgan fingerprint density at radius 3 is 1.04 bits per heavy atom. The Hall–Kier alpha value is -2.29. The number of phosphoric acid groups is 1. The van der Waals surface area contributed by atoms with E-state index in [1.165, 1.54) is 231 Å². The topological polar surface area (TPSA) is 134 Å². The Labute approximate surface area is 489 Å². The molecule has 462 valence electrons. The molecule has 79 heavy (non-hydrogen) atoms. The normalized spacial score (nSPS) is 13.3. The number of hydrogen-bond donors (Lipinski definition) is 2. The Balaban J connectivity index is 3.77. The first-order chi connectivity index (χ1) is 38.8. The first kappa shape index (κ1) is 76.7. The van der Waals surface area contributed by atoms with E-state index in [2.05, 4.69) is 74.6 Å². The molecule has 0 heterocycles. The first-order valence-electron chi connectivity index (χ1n) is 33.8. The molecule has 0 aliphatic rings. The third-order valence-electron chi connectivity index (χ3n) is 14.9. The second-order valence-corrected chi connectivity index (χ2v) is 24.1. The molecule has 2 unspecified atom stereocenters. The number of carbonyl (C=O) groups excluding carboxylic acids is 2. The lowest BCUT2D eigenvalue weighted by atomic mass is 10.0. The van der Waals surface area contributed by atoms with Crippen LogP contribution in [0.15, 0.2) is 60.8 Å². The molecule has 0 fully saturated rings. The highest BCUT2D eigenvalue weighted by atomic mass is 31.2. The molecule has 0 aromatic carbocycles. The second kappa shape index (κ2) is 64.9. The summed E-state index contributed by atoms with van der Waals surface area (Å²) in [6.07, 6.45) is 83.5. The fourth-order valence-electron chi connectivity index (χ4n) is 9.96. The highest BCUT2D eigenvalue weighted by Crippen LogP contribution is 2.43. The van der Waals surface area contributed by atoms with Gasteiger partial charge in [0.15, 0.2) is 6.10 Å². The summed E-state index contributed by atoms with van der Waals surface area (Å²) in [4.78, 5) is 35.2. The van der Waals surface area contributed by atoms with Crippen LogP contribution in [0.25, 0.3) is 0 Å². The summed E-state index contributed by atoms with van der Waals surface area (Å²) in [6.45, 7) is 3.63. The van der Waals surface area contributed by atoms with E-state index < -0.39 is 26.5 Å². The van der Waals surface area contributed by atoms with Crippen LogP contribution in [0.5, 0.6) is 0 Å². The molecule has 10 heteroatoms. The molecule has 0 bridgehead atoms. The van der Waals surface area contributed by atoms with Gasteiger partial charge in [0.2, 0.25) is 0 Å². The number of esters is 2. The van der Waals surface area contributed by atoms with Crippen molar-refractivity contribution < 1.29 is 37.6 Å². The predicted molar refractivity (Wildman–Crippen MR) is 340 cm³/mol. The Morgan fingerprint density at radius 2 is 0.696 bits per heavy atom. The maximum Gasteiger partial charge on any atom is 0.472 e. The van der Waals surface area contributed by atoms with Crippen molar-refractivity contribution in [3.05, 3.63) is 60.8 Å². The van der Waals surface area contributed by atoms with Crippen molar-refractivity contribution in [3.8, 4) is 0 Å². The molecule has 0 aliphatic carbocycles. The van der Waals surface area contributed by atoms with Crippen LogP contribution in [0.3, 0.4) is 0 Å². The lowest BCUT2D eigenvalue weighted by Gasteiger charge is -2.19. The van der Waals surface area contributed by atoms with E-state index >= 15 is 0 Å². The first-order valence-corrected chi connectivity index (χ1v) is 35.3. The van der Waals surface area contributed by atoms with Gasteiger partial charge in [0.05, 0.1) is 13.2 Å². The Morgan fingerprint density at radius 1 is 0.392 bits per heavy atom. The van der Waals surface area contributed by atoms with Crippen LogP contribution in [0, 0.1) is 0 Å². The van der Waals surface area contributed by atoms with Gasteiger partial charge in [-0.25, -0.2) is 4.57 Å². The van der Waals surface area contributed by atoms with E-state index in [-0.39, 0.29) is 38.6 Å². The molecular formula is C69H128NO8P. The molecule has 0 spiro atoms. The van der Waals surface area contributed by atoms with E-state index in [0.717, 1.165) is 70.6 Å². The smallest absolute Gasteiger partial charge is 0.462 e. The zero-order valence-electron chi connectivity index (χ0n) is 51.9. The van der Waals surface area contributed by atoms with E-state index in [1.54, 1.807) is 0 Å². The van der Waals surface area contributed by atoms with E-state index in [4.69, 9.17) is 24.3 Å². The number of nitrogens with two attached hydrogens (primary N) is 1. The summed E-state index contributed by atoms with van der Waals surface area (Å²) in [7, 11) is -4.40. The summed E-state index contributed by atoms with van der Waals surface area (Å²) in [5.41, 5.74) is 5.38. The van der Waals surface area contributed by atoms with Gasteiger partial charge in [-0.3, -0.25) is 18.6 Å². The van der Waals surface area contributed by atoms with Gasteiger partial charge in [0.1, 0.15) is 6.61 Å². The van der Waals surface area contributed by atoms with Crippen LogP contribution < -0.4 is 5.73 Å². The van der Waals surface area contributed by atoms with Crippen molar-refractivity contribution in [1.82, 2.24) is 0 Å². The predicted octanol–water partition coefficient (Wildman–Crippen LogP) is 21.9. The van der Waals surface area contributed by atoms with Crippen LogP contribution in [-0.2, 0) is 32.7 Å². The average Bonchev–Trinajstić information content (AvgIpc) is 3.44. The van der Waals surface area contributed by atoms with E-state index in [1.807, 2.05) is 0 Å². The minimum Gasteiger partial charge on any atom is -0.462 e. The zero-order chi connectivity index (χ0) is 57.3. The summed E-state index contributed by atoms with van der Waals surface area (Å²) < 4.78 is 33.0. The van der Waals surface area contributed by atoms with Crippen LogP contribution in [0.1, 0.15) is 335 Å². The molecule has 9 nitrogen and oxygen atoms in total. The lowest BCUT2D eigenvalue weighted by Crippen LogP contribution is -2.29. The maximum atomic E-state index is 12.7. The van der Waals surface area contributed by atoms with Crippen molar-refractivity contribution in [2.24, 2.45) is 5.73 Å². The minimum atomic E-state index is -4.40. The number of allylic oxidation sites excluding steroid dienone is 10. The molecule has 3 N–H and O–H groups in total. The molecule has 0 radical (unpaired) electrons. The van der Waals surface area contributed by atoms with Gasteiger partial charge in [-0.15, -0.1) is 0 Å². The van der Waals surface area contributed by atoms with Crippen molar-refractivity contribution in [3.63, 3.8) is 0 Å². The SMILES string of the molecule is CC/C=C\C/C=C\C/C=C\C/C=C\C/C=C\CCCCCC(=O)OC(COC(=O)CCCCCCCCCCCCCCCCCCCCCCCCCCCCCCCCCCCCCCCCC)COP(=O)(O)OCCN. The Bertz CT molecular complexity index is 1480. The Kier molecular flexibility index (Phi) is 63.0. The minimum absolute atomic E-state index is 0.0465. The van der Waals surface area contributed by atoms with Crippen LogP contribution in [0.4, 0.5) is 0 Å². The van der Waals surface area contributed by atoms with E-state index in [0.29, 0.717) is 6.42 Å². The third-order valence-corrected chi connectivity index (χ3v) is 15.9. The molecule has 0 saturated heterocycles. The number of phosphoric ester groups is 1. The zero-order valence-corrected chi connectivity index (χ0v) is 52.8. The van der Waals surface area contributed by atoms with Gasteiger partial charge < -0.3 is 20.1 Å². The van der Waals surface area contributed by atoms with Crippen LogP contribution >= 0.6 is 7.82 Å². The molecule has 0 aromatic heterocycles. The van der Waals surface area contributed by atoms with Gasteiger partial charge in [0, 0.05) is 19.4 Å². The summed E-state index contributed by atoms with van der Waals surface area (Å²) in [5.74, 6) is -0.855. The van der Waals surface area contributed by atoms with Gasteiger partial charge in [-0.1, -0.05) is 325 Å².